The number of amides is 2. The standard InChI is InChI=1S/C14H19N5OS/c1-10(13-17-15-9-18(13)2)16-14(20)19-6-3-4-12(19)11-5-7-21-8-11/h5,7-10,12H,3-4,6H2,1-2H3,(H,16,20)/t10-,12-/m0/s1. The van der Waals surface area contributed by atoms with Crippen molar-refractivity contribution >= 4 is 17.4 Å². The van der Waals surface area contributed by atoms with Gasteiger partial charge in [-0.15, -0.1) is 10.2 Å². The van der Waals surface area contributed by atoms with Crippen LogP contribution >= 0.6 is 11.3 Å². The lowest BCUT2D eigenvalue weighted by Gasteiger charge is -2.26. The first-order valence-electron chi connectivity index (χ1n) is 7.10. The lowest BCUT2D eigenvalue weighted by atomic mass is 10.1. The fourth-order valence-electron chi connectivity index (χ4n) is 2.84. The van der Waals surface area contributed by atoms with Crippen LogP contribution < -0.4 is 5.32 Å². The van der Waals surface area contributed by atoms with Crippen LogP contribution in [-0.2, 0) is 7.05 Å². The number of rotatable bonds is 3. The molecule has 1 aliphatic heterocycles. The van der Waals surface area contributed by atoms with Crippen LogP contribution in [0.1, 0.15) is 43.2 Å². The minimum absolute atomic E-state index is 0.0285. The van der Waals surface area contributed by atoms with Gasteiger partial charge in [0.2, 0.25) is 0 Å². The fourth-order valence-corrected chi connectivity index (χ4v) is 3.54. The van der Waals surface area contributed by atoms with E-state index in [0.29, 0.717) is 0 Å². The number of likely N-dealkylation sites (tertiary alicyclic amines) is 1. The zero-order chi connectivity index (χ0) is 14.8. The van der Waals surface area contributed by atoms with Crippen molar-refractivity contribution in [2.45, 2.75) is 31.8 Å². The third kappa shape index (κ3) is 2.78. The molecular formula is C14H19N5OS. The average molecular weight is 305 g/mol. The highest BCUT2D eigenvalue weighted by molar-refractivity contribution is 7.07. The van der Waals surface area contributed by atoms with E-state index in [-0.39, 0.29) is 18.1 Å². The van der Waals surface area contributed by atoms with Gasteiger partial charge in [-0.3, -0.25) is 0 Å². The predicted octanol–water partition coefficient (Wildman–Crippen LogP) is 2.48. The van der Waals surface area contributed by atoms with Gasteiger partial charge in [0.05, 0.1) is 12.1 Å². The Bertz CT molecular complexity index is 609. The van der Waals surface area contributed by atoms with Crippen LogP contribution in [0.25, 0.3) is 0 Å². The molecule has 3 heterocycles. The van der Waals surface area contributed by atoms with E-state index < -0.39 is 0 Å². The number of carbonyl (C=O) groups excluding carboxylic acids is 1. The molecule has 0 radical (unpaired) electrons. The number of hydrogen-bond acceptors (Lipinski definition) is 4. The number of urea groups is 1. The lowest BCUT2D eigenvalue weighted by molar-refractivity contribution is 0.189. The van der Waals surface area contributed by atoms with Crippen molar-refractivity contribution < 1.29 is 4.79 Å². The normalized spacial score (nSPS) is 19.7. The molecule has 3 rings (SSSR count). The highest BCUT2D eigenvalue weighted by Crippen LogP contribution is 2.33. The largest absolute Gasteiger partial charge is 0.328 e. The van der Waals surface area contributed by atoms with E-state index >= 15 is 0 Å². The van der Waals surface area contributed by atoms with Crippen molar-refractivity contribution in [2.75, 3.05) is 6.54 Å². The zero-order valence-corrected chi connectivity index (χ0v) is 13.0. The Balaban J connectivity index is 1.69. The van der Waals surface area contributed by atoms with Crippen molar-refractivity contribution in [3.63, 3.8) is 0 Å². The molecule has 0 aromatic carbocycles. The third-order valence-corrected chi connectivity index (χ3v) is 4.62. The van der Waals surface area contributed by atoms with Crippen LogP contribution in [-0.4, -0.2) is 32.2 Å². The van der Waals surface area contributed by atoms with Crippen molar-refractivity contribution in [1.29, 1.82) is 0 Å². The van der Waals surface area contributed by atoms with Crippen molar-refractivity contribution in [3.05, 3.63) is 34.5 Å². The lowest BCUT2D eigenvalue weighted by Crippen LogP contribution is -2.41. The van der Waals surface area contributed by atoms with Crippen LogP contribution in [0.2, 0.25) is 0 Å². The Labute approximate surface area is 127 Å². The van der Waals surface area contributed by atoms with Crippen LogP contribution in [0.3, 0.4) is 0 Å². The van der Waals surface area contributed by atoms with E-state index in [1.54, 1.807) is 17.7 Å². The SMILES string of the molecule is C[C@H](NC(=O)N1CCC[C@H]1c1ccsc1)c1nncn1C. The summed E-state index contributed by atoms with van der Waals surface area (Å²) in [6.45, 7) is 2.73. The Morgan fingerprint density at radius 2 is 2.43 bits per heavy atom. The summed E-state index contributed by atoms with van der Waals surface area (Å²) in [5.74, 6) is 0.759. The number of nitrogens with one attached hydrogen (secondary N) is 1. The molecule has 2 aromatic heterocycles. The molecule has 1 N–H and O–H groups in total. The average Bonchev–Trinajstić information content (AvgIpc) is 3.19. The number of thiophene rings is 1. The van der Waals surface area contributed by atoms with Gasteiger partial charge in [-0.2, -0.15) is 11.3 Å². The summed E-state index contributed by atoms with van der Waals surface area (Å²) < 4.78 is 1.82. The second kappa shape index (κ2) is 5.85. The van der Waals surface area contributed by atoms with Gasteiger partial charge in [0.1, 0.15) is 6.33 Å². The molecule has 0 saturated carbocycles. The number of carbonyl (C=O) groups is 1. The van der Waals surface area contributed by atoms with Crippen molar-refractivity contribution in [1.82, 2.24) is 25.0 Å². The number of aromatic nitrogens is 3. The second-order valence-corrected chi connectivity index (χ2v) is 6.16. The first kappa shape index (κ1) is 14.1. The molecule has 2 amide bonds. The summed E-state index contributed by atoms with van der Waals surface area (Å²) in [6, 6.07) is 2.11. The molecule has 7 heteroatoms. The van der Waals surface area contributed by atoms with Gasteiger partial charge in [-0.05, 0) is 42.2 Å². The molecule has 112 valence electrons. The molecule has 0 spiro atoms. The number of nitrogens with zero attached hydrogens (tertiary/aromatic N) is 4. The quantitative estimate of drug-likeness (QED) is 0.947. The van der Waals surface area contributed by atoms with E-state index in [4.69, 9.17) is 0 Å². The van der Waals surface area contributed by atoms with Gasteiger partial charge in [0, 0.05) is 13.6 Å². The maximum absolute atomic E-state index is 12.5. The minimum atomic E-state index is -0.159. The highest BCUT2D eigenvalue weighted by atomic mass is 32.1. The zero-order valence-electron chi connectivity index (χ0n) is 12.2. The van der Waals surface area contributed by atoms with E-state index in [2.05, 4.69) is 32.3 Å². The first-order valence-corrected chi connectivity index (χ1v) is 8.04. The topological polar surface area (TPSA) is 63.1 Å². The van der Waals surface area contributed by atoms with E-state index in [9.17, 15) is 4.79 Å². The molecule has 0 bridgehead atoms. The van der Waals surface area contributed by atoms with E-state index in [1.807, 2.05) is 23.4 Å². The maximum atomic E-state index is 12.5. The summed E-state index contributed by atoms with van der Waals surface area (Å²) in [6.07, 6.45) is 3.72. The third-order valence-electron chi connectivity index (χ3n) is 3.92. The molecule has 21 heavy (non-hydrogen) atoms. The Hall–Kier alpha value is -1.89. The minimum Gasteiger partial charge on any atom is -0.328 e. The molecular weight excluding hydrogens is 286 g/mol. The van der Waals surface area contributed by atoms with Gasteiger partial charge in [0.15, 0.2) is 5.82 Å². The van der Waals surface area contributed by atoms with Crippen molar-refractivity contribution in [3.8, 4) is 0 Å². The monoisotopic (exact) mass is 305 g/mol. The van der Waals surface area contributed by atoms with Crippen LogP contribution in [0.5, 0.6) is 0 Å². The molecule has 1 fully saturated rings. The van der Waals surface area contributed by atoms with Crippen molar-refractivity contribution in [2.24, 2.45) is 7.05 Å². The fraction of sp³-hybridized carbons (Fsp3) is 0.500. The first-order chi connectivity index (χ1) is 10.2. The summed E-state index contributed by atoms with van der Waals surface area (Å²) in [4.78, 5) is 14.5. The molecule has 6 nitrogen and oxygen atoms in total. The molecule has 2 aromatic rings. The van der Waals surface area contributed by atoms with Crippen LogP contribution in [0.15, 0.2) is 23.2 Å². The summed E-state index contributed by atoms with van der Waals surface area (Å²) in [5.41, 5.74) is 1.24. The van der Waals surface area contributed by atoms with Gasteiger partial charge in [-0.1, -0.05) is 0 Å². The highest BCUT2D eigenvalue weighted by Gasteiger charge is 2.31. The smallest absolute Gasteiger partial charge is 0.318 e. The second-order valence-electron chi connectivity index (χ2n) is 5.38. The number of hydrogen-bond donors (Lipinski definition) is 1. The molecule has 1 aliphatic rings. The Morgan fingerprint density at radius 3 is 3.10 bits per heavy atom. The predicted molar refractivity (Wildman–Crippen MR) is 80.9 cm³/mol. The molecule has 1 saturated heterocycles. The molecule has 0 unspecified atom stereocenters. The van der Waals surface area contributed by atoms with Crippen LogP contribution in [0, 0.1) is 0 Å². The van der Waals surface area contributed by atoms with E-state index in [0.717, 1.165) is 25.2 Å². The van der Waals surface area contributed by atoms with Gasteiger partial charge in [0.25, 0.3) is 0 Å². The Morgan fingerprint density at radius 1 is 1.57 bits per heavy atom. The summed E-state index contributed by atoms with van der Waals surface area (Å²) >= 11 is 1.67. The Kier molecular flexibility index (Phi) is 3.92. The molecule has 0 aliphatic carbocycles. The summed E-state index contributed by atoms with van der Waals surface area (Å²) in [5, 5.41) is 15.1. The van der Waals surface area contributed by atoms with Gasteiger partial charge in [-0.25, -0.2) is 4.79 Å². The van der Waals surface area contributed by atoms with Crippen LogP contribution in [0.4, 0.5) is 4.79 Å². The maximum Gasteiger partial charge on any atom is 0.318 e. The summed E-state index contributed by atoms with van der Waals surface area (Å²) in [7, 11) is 1.88. The van der Waals surface area contributed by atoms with Gasteiger partial charge >= 0.3 is 6.03 Å². The number of aryl methyl sites for hydroxylation is 1. The van der Waals surface area contributed by atoms with Gasteiger partial charge < -0.3 is 14.8 Å². The van der Waals surface area contributed by atoms with E-state index in [1.165, 1.54) is 5.56 Å². The molecule has 2 atom stereocenters.